The fourth-order valence-corrected chi connectivity index (χ4v) is 1.89. The molecule has 0 amide bonds. The van der Waals surface area contributed by atoms with Gasteiger partial charge in [-0.1, -0.05) is 42.0 Å². The van der Waals surface area contributed by atoms with Crippen LogP contribution in [0.5, 0.6) is 5.75 Å². The number of hydrogen-bond acceptors (Lipinski definition) is 2. The van der Waals surface area contributed by atoms with Crippen LogP contribution in [0.3, 0.4) is 0 Å². The Balaban J connectivity index is 1.94. The van der Waals surface area contributed by atoms with Gasteiger partial charge in [-0.25, -0.2) is 0 Å². The van der Waals surface area contributed by atoms with Crippen LogP contribution in [0.1, 0.15) is 23.1 Å². The maximum atomic E-state index is 10.6. The normalized spacial score (nSPS) is 10.2. The Labute approximate surface area is 118 Å². The lowest BCUT2D eigenvalue weighted by atomic mass is 10.1. The summed E-state index contributed by atoms with van der Waals surface area (Å²) in [6.07, 6.45) is 0.665. The van der Waals surface area contributed by atoms with Crippen molar-refractivity contribution in [2.75, 3.05) is 0 Å². The predicted octanol–water partition coefficient (Wildman–Crippen LogP) is 3.59. The van der Waals surface area contributed by atoms with Crippen molar-refractivity contribution in [1.82, 2.24) is 0 Å². The van der Waals surface area contributed by atoms with Gasteiger partial charge in [-0.2, -0.15) is 0 Å². The second-order valence-corrected chi connectivity index (χ2v) is 4.82. The molecule has 0 atom stereocenters. The third-order valence-corrected chi connectivity index (χ3v) is 3.05. The third-order valence-electron chi connectivity index (χ3n) is 3.05. The van der Waals surface area contributed by atoms with E-state index in [2.05, 4.69) is 19.1 Å². The second kappa shape index (κ2) is 6.75. The Kier molecular flexibility index (Phi) is 4.77. The van der Waals surface area contributed by atoms with E-state index in [4.69, 9.17) is 9.84 Å². The van der Waals surface area contributed by atoms with Crippen molar-refractivity contribution in [3.63, 3.8) is 0 Å². The molecule has 3 nitrogen and oxygen atoms in total. The van der Waals surface area contributed by atoms with Gasteiger partial charge in [0.15, 0.2) is 0 Å². The van der Waals surface area contributed by atoms with Gasteiger partial charge in [0.25, 0.3) is 0 Å². The van der Waals surface area contributed by atoms with Crippen molar-refractivity contribution in [3.05, 3.63) is 65.2 Å². The Morgan fingerprint density at radius 2 is 1.85 bits per heavy atom. The third kappa shape index (κ3) is 4.43. The first kappa shape index (κ1) is 14.1. The number of aryl methyl sites for hydroxylation is 2. The van der Waals surface area contributed by atoms with Crippen LogP contribution in [0.25, 0.3) is 0 Å². The number of hydrogen-bond donors (Lipinski definition) is 1. The molecule has 0 saturated heterocycles. The molecule has 0 heterocycles. The highest BCUT2D eigenvalue weighted by Crippen LogP contribution is 2.16. The van der Waals surface area contributed by atoms with E-state index < -0.39 is 5.97 Å². The number of aliphatic carboxylic acids is 1. The monoisotopic (exact) mass is 270 g/mol. The van der Waals surface area contributed by atoms with Crippen LogP contribution in [-0.2, 0) is 17.8 Å². The van der Waals surface area contributed by atoms with Gasteiger partial charge < -0.3 is 9.84 Å². The number of rotatable bonds is 6. The van der Waals surface area contributed by atoms with Crippen LogP contribution in [0, 0.1) is 6.92 Å². The summed E-state index contributed by atoms with van der Waals surface area (Å²) >= 11 is 0. The lowest BCUT2D eigenvalue weighted by Gasteiger charge is -2.08. The molecule has 0 aliphatic rings. The predicted molar refractivity (Wildman–Crippen MR) is 77.9 cm³/mol. The number of carbonyl (C=O) groups is 1. The minimum Gasteiger partial charge on any atom is -0.489 e. The molecule has 0 unspecified atom stereocenters. The van der Waals surface area contributed by atoms with Gasteiger partial charge >= 0.3 is 5.97 Å². The van der Waals surface area contributed by atoms with Crippen molar-refractivity contribution in [3.8, 4) is 5.75 Å². The highest BCUT2D eigenvalue weighted by molar-refractivity contribution is 5.67. The molecule has 3 heteroatoms. The van der Waals surface area contributed by atoms with E-state index in [-0.39, 0.29) is 6.42 Å². The fourth-order valence-electron chi connectivity index (χ4n) is 1.89. The molecule has 2 aromatic carbocycles. The average molecular weight is 270 g/mol. The fraction of sp³-hybridized carbons (Fsp3) is 0.235. The van der Waals surface area contributed by atoms with Crippen LogP contribution < -0.4 is 4.74 Å². The van der Waals surface area contributed by atoms with E-state index in [0.29, 0.717) is 13.0 Å². The zero-order valence-electron chi connectivity index (χ0n) is 11.5. The molecule has 0 aliphatic carbocycles. The quantitative estimate of drug-likeness (QED) is 0.872. The molecular formula is C17H18O3. The first-order chi connectivity index (χ1) is 9.63. The molecule has 0 saturated carbocycles. The van der Waals surface area contributed by atoms with Crippen LogP contribution in [0.2, 0.25) is 0 Å². The SMILES string of the molecule is Cc1ccc(COc2cccc(CCC(=O)O)c2)cc1. The summed E-state index contributed by atoms with van der Waals surface area (Å²) in [6.45, 7) is 2.57. The molecule has 0 radical (unpaired) electrons. The van der Waals surface area contributed by atoms with Crippen molar-refractivity contribution < 1.29 is 14.6 Å². The van der Waals surface area contributed by atoms with Gasteiger partial charge in [-0.15, -0.1) is 0 Å². The first-order valence-corrected chi connectivity index (χ1v) is 6.62. The molecule has 104 valence electrons. The maximum absolute atomic E-state index is 10.6. The lowest BCUT2D eigenvalue weighted by molar-refractivity contribution is -0.136. The smallest absolute Gasteiger partial charge is 0.303 e. The van der Waals surface area contributed by atoms with E-state index in [1.54, 1.807) is 0 Å². The minimum absolute atomic E-state index is 0.140. The Morgan fingerprint density at radius 1 is 1.10 bits per heavy atom. The molecular weight excluding hydrogens is 252 g/mol. The summed E-state index contributed by atoms with van der Waals surface area (Å²) in [5.74, 6) is -0.00978. The summed E-state index contributed by atoms with van der Waals surface area (Å²) in [4.78, 5) is 10.6. The van der Waals surface area contributed by atoms with Crippen molar-refractivity contribution >= 4 is 5.97 Å². The molecule has 0 bridgehead atoms. The van der Waals surface area contributed by atoms with E-state index >= 15 is 0 Å². The van der Waals surface area contributed by atoms with Gasteiger partial charge in [0.2, 0.25) is 0 Å². The van der Waals surface area contributed by atoms with E-state index in [9.17, 15) is 4.79 Å². The van der Waals surface area contributed by atoms with E-state index in [1.165, 1.54) is 5.56 Å². The highest BCUT2D eigenvalue weighted by Gasteiger charge is 2.01. The number of ether oxygens (including phenoxy) is 1. The molecule has 2 rings (SSSR count). The van der Waals surface area contributed by atoms with E-state index in [0.717, 1.165) is 16.9 Å². The van der Waals surface area contributed by atoms with Crippen LogP contribution in [0.15, 0.2) is 48.5 Å². The summed E-state index contributed by atoms with van der Waals surface area (Å²) < 4.78 is 5.73. The molecule has 0 spiro atoms. The zero-order valence-corrected chi connectivity index (χ0v) is 11.5. The summed E-state index contributed by atoms with van der Waals surface area (Å²) in [7, 11) is 0. The van der Waals surface area contributed by atoms with Gasteiger partial charge in [-0.3, -0.25) is 4.79 Å². The van der Waals surface area contributed by atoms with Crippen LogP contribution in [-0.4, -0.2) is 11.1 Å². The summed E-state index contributed by atoms with van der Waals surface area (Å²) in [6, 6.07) is 15.8. The van der Waals surface area contributed by atoms with Crippen LogP contribution in [0.4, 0.5) is 0 Å². The molecule has 20 heavy (non-hydrogen) atoms. The largest absolute Gasteiger partial charge is 0.489 e. The van der Waals surface area contributed by atoms with E-state index in [1.807, 2.05) is 36.4 Å². The molecule has 0 aromatic heterocycles. The summed E-state index contributed by atoms with van der Waals surface area (Å²) in [5.41, 5.74) is 3.32. The number of benzene rings is 2. The van der Waals surface area contributed by atoms with Gasteiger partial charge in [0, 0.05) is 6.42 Å². The Hall–Kier alpha value is -2.29. The van der Waals surface area contributed by atoms with Crippen LogP contribution >= 0.6 is 0 Å². The van der Waals surface area contributed by atoms with Gasteiger partial charge in [0.1, 0.15) is 12.4 Å². The molecule has 0 aliphatic heterocycles. The van der Waals surface area contributed by atoms with Crippen molar-refractivity contribution in [1.29, 1.82) is 0 Å². The second-order valence-electron chi connectivity index (χ2n) is 4.82. The Bertz CT molecular complexity index is 573. The minimum atomic E-state index is -0.782. The molecule has 1 N–H and O–H groups in total. The standard InChI is InChI=1S/C17H18O3/c1-13-5-7-15(8-6-13)12-20-16-4-2-3-14(11-16)9-10-17(18)19/h2-8,11H,9-10,12H2,1H3,(H,18,19). The maximum Gasteiger partial charge on any atom is 0.303 e. The van der Waals surface area contributed by atoms with Crippen molar-refractivity contribution in [2.45, 2.75) is 26.4 Å². The zero-order chi connectivity index (χ0) is 14.4. The highest BCUT2D eigenvalue weighted by atomic mass is 16.5. The number of carboxylic acids is 1. The van der Waals surface area contributed by atoms with Gasteiger partial charge in [-0.05, 0) is 36.6 Å². The molecule has 2 aromatic rings. The van der Waals surface area contributed by atoms with Crippen molar-refractivity contribution in [2.24, 2.45) is 0 Å². The average Bonchev–Trinajstić information content (AvgIpc) is 2.45. The molecule has 0 fully saturated rings. The lowest BCUT2D eigenvalue weighted by Crippen LogP contribution is -1.99. The Morgan fingerprint density at radius 3 is 2.55 bits per heavy atom. The number of carboxylic acid groups (broad SMARTS) is 1. The summed E-state index contributed by atoms with van der Waals surface area (Å²) in [5, 5.41) is 8.69. The first-order valence-electron chi connectivity index (χ1n) is 6.62. The van der Waals surface area contributed by atoms with Gasteiger partial charge in [0.05, 0.1) is 0 Å². The topological polar surface area (TPSA) is 46.5 Å².